The van der Waals surface area contributed by atoms with Crippen LogP contribution in [-0.4, -0.2) is 93.2 Å². The number of rotatable bonds is 3. The summed E-state index contributed by atoms with van der Waals surface area (Å²) in [6.07, 6.45) is 1.41. The molecular weight excluding hydrogens is 926 g/mol. The fourth-order valence-corrected chi connectivity index (χ4v) is 7.67. The number of ether oxygens (including phenoxy) is 3. The van der Waals surface area contributed by atoms with E-state index < -0.39 is 62.4 Å². The number of fused-ring (bicyclic) bond motifs is 5. The number of anilines is 1. The molecule has 7 rings (SSSR count). The summed E-state index contributed by atoms with van der Waals surface area (Å²) in [7, 11) is 1.16. The van der Waals surface area contributed by atoms with E-state index in [1.807, 2.05) is 0 Å². The molecule has 3 amide bonds. The number of hydrogen-bond acceptors (Lipinski definition) is 11. The quantitative estimate of drug-likeness (QED) is 0.0716. The van der Waals surface area contributed by atoms with E-state index in [1.54, 1.807) is 47.6 Å². The SMILES string of the molecule is CC(C)(C)OC(=O)N1CC2(C1)C(=O)Nc1cnc3cc(F)c(Br)cc3c12.COC(=O)C1(c2c([N+](=O)[O-])cnc3cc(F)c(Br)cc23)CN(C(=O)OC(C)(C)C)C1.[Fe]. The Balaban J connectivity index is 0.000000216. The number of pyridine rings is 2. The first-order chi connectivity index (χ1) is 26.0. The number of nitro groups is 1. The molecule has 0 aliphatic carbocycles. The van der Waals surface area contributed by atoms with Crippen molar-refractivity contribution in [3.63, 3.8) is 0 Å². The first kappa shape index (κ1) is 43.6. The van der Waals surface area contributed by atoms with Crippen molar-refractivity contribution in [1.82, 2.24) is 19.8 Å². The van der Waals surface area contributed by atoms with Gasteiger partial charge in [-0.3, -0.25) is 24.7 Å². The number of esters is 1. The molecule has 1 N–H and O–H groups in total. The zero-order chi connectivity index (χ0) is 41.3. The van der Waals surface area contributed by atoms with Gasteiger partial charge in [-0.1, -0.05) is 0 Å². The van der Waals surface area contributed by atoms with Gasteiger partial charge in [-0.2, -0.15) is 0 Å². The van der Waals surface area contributed by atoms with Gasteiger partial charge in [0.1, 0.15) is 39.9 Å². The molecule has 2 fully saturated rings. The third-order valence-electron chi connectivity index (χ3n) is 9.36. The summed E-state index contributed by atoms with van der Waals surface area (Å²) in [6, 6.07) is 5.41. The molecule has 2 aromatic carbocycles. The van der Waals surface area contributed by atoms with Gasteiger partial charge >= 0.3 is 18.2 Å². The molecule has 3 aliphatic rings. The molecule has 0 radical (unpaired) electrons. The molecule has 0 unspecified atom stereocenters. The van der Waals surface area contributed by atoms with Gasteiger partial charge in [-0.25, -0.2) is 23.4 Å². The van der Waals surface area contributed by atoms with Crippen LogP contribution in [0.2, 0.25) is 0 Å². The number of carbonyl (C=O) groups is 4. The molecule has 57 heavy (non-hydrogen) atoms. The van der Waals surface area contributed by atoms with Crippen molar-refractivity contribution in [2.24, 2.45) is 0 Å². The Labute approximate surface area is 352 Å². The van der Waals surface area contributed by atoms with Gasteiger partial charge < -0.3 is 29.3 Å². The van der Waals surface area contributed by atoms with Crippen LogP contribution in [0.5, 0.6) is 0 Å². The molecule has 2 aromatic heterocycles. The third-order valence-corrected chi connectivity index (χ3v) is 10.6. The van der Waals surface area contributed by atoms with Gasteiger partial charge in [0.15, 0.2) is 0 Å². The predicted molar refractivity (Wildman–Crippen MR) is 205 cm³/mol. The third kappa shape index (κ3) is 8.00. The fraction of sp³-hybridized carbons (Fsp3) is 0.405. The molecule has 0 atom stereocenters. The van der Waals surface area contributed by atoms with Crippen molar-refractivity contribution >= 4 is 89.1 Å². The maximum Gasteiger partial charge on any atom is 0.410 e. The number of amides is 3. The Morgan fingerprint density at radius 3 is 1.74 bits per heavy atom. The van der Waals surface area contributed by atoms with E-state index in [9.17, 15) is 38.1 Å². The second-order valence-corrected chi connectivity index (χ2v) is 17.4. The van der Waals surface area contributed by atoms with Gasteiger partial charge in [0.2, 0.25) is 5.91 Å². The van der Waals surface area contributed by atoms with Crippen molar-refractivity contribution in [3.05, 3.63) is 78.5 Å². The number of nitrogens with zero attached hydrogens (tertiary/aromatic N) is 5. The van der Waals surface area contributed by atoms with Crippen molar-refractivity contribution < 1.29 is 64.2 Å². The van der Waals surface area contributed by atoms with E-state index in [1.165, 1.54) is 28.1 Å². The largest absolute Gasteiger partial charge is 0.468 e. The molecule has 4 aromatic rings. The molecule has 20 heteroatoms. The van der Waals surface area contributed by atoms with Crippen LogP contribution in [0.3, 0.4) is 0 Å². The molecule has 5 heterocycles. The Morgan fingerprint density at radius 2 is 1.28 bits per heavy atom. The van der Waals surface area contributed by atoms with E-state index in [2.05, 4.69) is 47.1 Å². The summed E-state index contributed by atoms with van der Waals surface area (Å²) in [5, 5.41) is 15.5. The first-order valence-electron chi connectivity index (χ1n) is 17.1. The number of nitrogens with one attached hydrogen (secondary N) is 1. The van der Waals surface area contributed by atoms with Crippen LogP contribution in [-0.2, 0) is 51.7 Å². The average Bonchev–Trinajstić information content (AvgIpc) is 3.35. The molecular formula is C37H36Br2F2FeN6O9. The number of methoxy groups -OCH3 is 1. The number of aromatic nitrogens is 2. The Bertz CT molecular complexity index is 2360. The Kier molecular flexibility index (Phi) is 11.7. The summed E-state index contributed by atoms with van der Waals surface area (Å²) >= 11 is 6.26. The molecule has 0 bridgehead atoms. The number of halogens is 4. The normalized spacial score (nSPS) is 16.3. The van der Waals surface area contributed by atoms with Crippen molar-refractivity contribution in [3.8, 4) is 0 Å². The summed E-state index contributed by atoms with van der Waals surface area (Å²) < 4.78 is 43.8. The van der Waals surface area contributed by atoms with Gasteiger partial charge in [0.05, 0.1) is 49.5 Å². The van der Waals surface area contributed by atoms with Crippen molar-refractivity contribution in [2.75, 3.05) is 38.6 Å². The number of carbonyl (C=O) groups excluding carboxylic acids is 4. The molecule has 3 aliphatic heterocycles. The van der Waals surface area contributed by atoms with Crippen LogP contribution in [0, 0.1) is 21.7 Å². The number of hydrogen-bond donors (Lipinski definition) is 1. The van der Waals surface area contributed by atoms with Gasteiger partial charge in [-0.15, -0.1) is 0 Å². The minimum absolute atomic E-state index is 0. The second kappa shape index (κ2) is 15.3. The summed E-state index contributed by atoms with van der Waals surface area (Å²) in [4.78, 5) is 72.2. The number of likely N-dealkylation sites (tertiary alicyclic amines) is 2. The summed E-state index contributed by atoms with van der Waals surface area (Å²) in [6.45, 7) is 10.5. The Morgan fingerprint density at radius 1 is 0.825 bits per heavy atom. The fourth-order valence-electron chi connectivity index (χ4n) is 6.98. The standard InChI is InChI=1S/C19H19BrFN3O6.C18H17BrFN3O3.Fe/c1-18(2,3)30-17(26)23-8-19(9-23,16(25)29-4)15-10-5-11(20)12(21)6-13(10)22-7-14(15)24(27)28;1-17(2,3)26-16(25)23-7-18(8-23)14-9-4-10(19)11(20)5-12(9)21-6-13(14)22-15(18)24;/h5-7H,8-9H2,1-4H3;4-6H,7-8H2,1-3H3,(H,22,24);. The molecule has 15 nitrogen and oxygen atoms in total. The van der Waals surface area contributed by atoms with Crippen LogP contribution < -0.4 is 5.32 Å². The van der Waals surface area contributed by atoms with Crippen LogP contribution >= 0.6 is 31.9 Å². The van der Waals surface area contributed by atoms with Crippen LogP contribution in [0.4, 0.5) is 29.7 Å². The van der Waals surface area contributed by atoms with Crippen LogP contribution in [0.25, 0.3) is 21.8 Å². The molecule has 304 valence electrons. The summed E-state index contributed by atoms with van der Waals surface area (Å²) in [5.74, 6) is -1.95. The summed E-state index contributed by atoms with van der Waals surface area (Å²) in [5.41, 5.74) is -2.17. The van der Waals surface area contributed by atoms with E-state index in [0.717, 1.165) is 24.9 Å². The van der Waals surface area contributed by atoms with Crippen LogP contribution in [0.1, 0.15) is 52.7 Å². The van der Waals surface area contributed by atoms with Crippen molar-refractivity contribution in [2.45, 2.75) is 63.6 Å². The maximum atomic E-state index is 14.0. The molecule has 1 spiro atoms. The van der Waals surface area contributed by atoms with Crippen molar-refractivity contribution in [1.29, 1.82) is 0 Å². The minimum Gasteiger partial charge on any atom is -0.468 e. The van der Waals surface area contributed by atoms with Gasteiger partial charge in [0, 0.05) is 71.7 Å². The van der Waals surface area contributed by atoms with E-state index >= 15 is 0 Å². The second-order valence-electron chi connectivity index (χ2n) is 15.7. The molecule has 2 saturated heterocycles. The van der Waals surface area contributed by atoms with E-state index in [0.29, 0.717) is 21.1 Å². The van der Waals surface area contributed by atoms with E-state index in [-0.39, 0.29) is 70.1 Å². The van der Waals surface area contributed by atoms with Gasteiger partial charge in [-0.05, 0) is 85.5 Å². The minimum atomic E-state index is -1.52. The van der Waals surface area contributed by atoms with Gasteiger partial charge in [0.25, 0.3) is 5.69 Å². The monoisotopic (exact) mass is 960 g/mol. The zero-order valence-corrected chi connectivity index (χ0v) is 35.8. The topological polar surface area (TPSA) is 183 Å². The van der Waals surface area contributed by atoms with Crippen LogP contribution in [0.15, 0.2) is 45.6 Å². The van der Waals surface area contributed by atoms with E-state index in [4.69, 9.17) is 14.2 Å². The maximum absolute atomic E-state index is 14.0. The first-order valence-corrected chi connectivity index (χ1v) is 18.7. The molecule has 0 saturated carbocycles. The number of benzene rings is 2. The average molecular weight is 962 g/mol. The smallest absolute Gasteiger partial charge is 0.410 e. The zero-order valence-electron chi connectivity index (χ0n) is 31.6. The Hall–Kier alpha value is -4.52. The predicted octanol–water partition coefficient (Wildman–Crippen LogP) is 7.28.